The zero-order chi connectivity index (χ0) is 13.2. The number of hydrogen-bond donors (Lipinski definition) is 0. The van der Waals surface area contributed by atoms with Gasteiger partial charge in [-0.1, -0.05) is 48.5 Å². The Labute approximate surface area is 116 Å². The van der Waals surface area contributed by atoms with E-state index in [9.17, 15) is 4.39 Å². The summed E-state index contributed by atoms with van der Waals surface area (Å²) in [5, 5.41) is 2.09. The second-order valence-corrected chi connectivity index (χ2v) is 4.96. The third kappa shape index (κ3) is 2.47. The molecule has 0 saturated heterocycles. The molecule has 3 rings (SSSR count). The fourth-order valence-corrected chi connectivity index (χ4v) is 2.47. The zero-order valence-electron chi connectivity index (χ0n) is 10.2. The highest BCUT2D eigenvalue weighted by atomic mass is 35.5. The highest BCUT2D eigenvalue weighted by Gasteiger charge is 2.11. The van der Waals surface area contributed by atoms with Crippen LogP contribution in [0.15, 0.2) is 66.7 Å². The molecular weight excluding hydrogens is 259 g/mol. The molecule has 0 aromatic heterocycles. The Morgan fingerprint density at radius 2 is 1.37 bits per heavy atom. The van der Waals surface area contributed by atoms with Gasteiger partial charge in [-0.2, -0.15) is 0 Å². The smallest absolute Gasteiger partial charge is 0.123 e. The first-order valence-corrected chi connectivity index (χ1v) is 6.56. The molecular formula is C17H12ClF. The van der Waals surface area contributed by atoms with Crippen LogP contribution in [-0.2, 0) is 0 Å². The van der Waals surface area contributed by atoms with Gasteiger partial charge in [-0.3, -0.25) is 0 Å². The van der Waals surface area contributed by atoms with Crippen molar-refractivity contribution in [3.8, 4) is 0 Å². The molecule has 0 aliphatic rings. The Hall–Kier alpha value is -1.86. The molecule has 0 nitrogen and oxygen atoms in total. The predicted octanol–water partition coefficient (Wildman–Crippen LogP) is 5.31. The number of fused-ring (bicyclic) bond motifs is 1. The van der Waals surface area contributed by atoms with Crippen molar-refractivity contribution in [2.45, 2.75) is 5.38 Å². The summed E-state index contributed by atoms with van der Waals surface area (Å²) >= 11 is 6.46. The van der Waals surface area contributed by atoms with E-state index in [0.29, 0.717) is 0 Å². The first-order valence-electron chi connectivity index (χ1n) is 6.12. The van der Waals surface area contributed by atoms with Crippen molar-refractivity contribution in [1.29, 1.82) is 0 Å². The van der Waals surface area contributed by atoms with Crippen molar-refractivity contribution >= 4 is 22.4 Å². The summed E-state index contributed by atoms with van der Waals surface area (Å²) in [4.78, 5) is 0. The van der Waals surface area contributed by atoms with Crippen LogP contribution >= 0.6 is 11.6 Å². The van der Waals surface area contributed by atoms with E-state index in [-0.39, 0.29) is 11.2 Å². The van der Waals surface area contributed by atoms with Crippen LogP contribution < -0.4 is 0 Å². The van der Waals surface area contributed by atoms with Crippen LogP contribution in [0.2, 0.25) is 0 Å². The summed E-state index contributed by atoms with van der Waals surface area (Å²) in [6.45, 7) is 0. The molecule has 3 aromatic carbocycles. The first kappa shape index (κ1) is 12.2. The molecule has 0 saturated carbocycles. The molecule has 0 amide bonds. The summed E-state index contributed by atoms with van der Waals surface area (Å²) in [7, 11) is 0. The fraction of sp³-hybridized carbons (Fsp3) is 0.0588. The van der Waals surface area contributed by atoms with E-state index < -0.39 is 0 Å². The number of alkyl halides is 1. The number of hydrogen-bond acceptors (Lipinski definition) is 0. The topological polar surface area (TPSA) is 0 Å². The van der Waals surface area contributed by atoms with Crippen LogP contribution in [0.1, 0.15) is 16.5 Å². The Morgan fingerprint density at radius 1 is 0.737 bits per heavy atom. The van der Waals surface area contributed by atoms with Crippen molar-refractivity contribution in [2.75, 3.05) is 0 Å². The van der Waals surface area contributed by atoms with Crippen molar-refractivity contribution in [1.82, 2.24) is 0 Å². The van der Waals surface area contributed by atoms with E-state index in [1.165, 1.54) is 17.5 Å². The fourth-order valence-electron chi connectivity index (χ4n) is 2.19. The maximum absolute atomic E-state index is 12.9. The van der Waals surface area contributed by atoms with Gasteiger partial charge in [0.2, 0.25) is 0 Å². The minimum Gasteiger partial charge on any atom is -0.207 e. The van der Waals surface area contributed by atoms with Crippen molar-refractivity contribution in [3.05, 3.63) is 83.7 Å². The molecule has 0 radical (unpaired) electrons. The quantitative estimate of drug-likeness (QED) is 0.554. The lowest BCUT2D eigenvalue weighted by Gasteiger charge is -2.11. The molecule has 0 aliphatic heterocycles. The minimum absolute atomic E-state index is 0.244. The van der Waals surface area contributed by atoms with E-state index >= 15 is 0 Å². The van der Waals surface area contributed by atoms with Crippen LogP contribution in [-0.4, -0.2) is 0 Å². The maximum Gasteiger partial charge on any atom is 0.123 e. The van der Waals surface area contributed by atoms with Crippen molar-refractivity contribution < 1.29 is 4.39 Å². The lowest BCUT2D eigenvalue weighted by molar-refractivity contribution is 0.627. The number of benzene rings is 3. The second-order valence-electron chi connectivity index (χ2n) is 4.52. The van der Waals surface area contributed by atoms with Gasteiger partial charge in [-0.05, 0) is 40.1 Å². The molecule has 0 bridgehead atoms. The Morgan fingerprint density at radius 3 is 2.11 bits per heavy atom. The van der Waals surface area contributed by atoms with Crippen LogP contribution in [0.25, 0.3) is 10.8 Å². The van der Waals surface area contributed by atoms with Gasteiger partial charge in [0.1, 0.15) is 5.82 Å². The molecule has 19 heavy (non-hydrogen) atoms. The van der Waals surface area contributed by atoms with Gasteiger partial charge in [0.15, 0.2) is 0 Å². The van der Waals surface area contributed by atoms with Gasteiger partial charge in [0.05, 0.1) is 5.38 Å². The number of rotatable bonds is 2. The van der Waals surface area contributed by atoms with E-state index in [2.05, 4.69) is 24.3 Å². The summed E-state index contributed by atoms with van der Waals surface area (Å²) in [5.41, 5.74) is 1.92. The molecule has 0 fully saturated rings. The first-order chi connectivity index (χ1) is 9.24. The maximum atomic E-state index is 12.9. The SMILES string of the molecule is Fc1ccc(C(Cl)c2ccc3ccccc3c2)cc1. The van der Waals surface area contributed by atoms with Gasteiger partial charge in [-0.25, -0.2) is 4.39 Å². The third-order valence-electron chi connectivity index (χ3n) is 3.23. The molecule has 1 atom stereocenters. The standard InChI is InChI=1S/C17H12ClF/c18-17(13-7-9-16(19)10-8-13)15-6-5-12-3-1-2-4-14(12)11-15/h1-11,17H. The summed E-state index contributed by atoms with van der Waals surface area (Å²) in [6, 6.07) is 20.6. The normalized spacial score (nSPS) is 12.5. The minimum atomic E-state index is -0.259. The summed E-state index contributed by atoms with van der Waals surface area (Å²) < 4.78 is 12.9. The van der Waals surface area contributed by atoms with Gasteiger partial charge in [0, 0.05) is 0 Å². The summed E-state index contributed by atoms with van der Waals surface area (Å²) in [6.07, 6.45) is 0. The van der Waals surface area contributed by atoms with Gasteiger partial charge in [0.25, 0.3) is 0 Å². The molecule has 0 heterocycles. The summed E-state index contributed by atoms with van der Waals surface area (Å²) in [5.74, 6) is -0.244. The van der Waals surface area contributed by atoms with E-state index in [0.717, 1.165) is 16.5 Å². The Balaban J connectivity index is 2.01. The average molecular weight is 271 g/mol. The lowest BCUT2D eigenvalue weighted by atomic mass is 10.0. The molecule has 1 unspecified atom stereocenters. The highest BCUT2D eigenvalue weighted by Crippen LogP contribution is 2.30. The van der Waals surface area contributed by atoms with E-state index in [1.54, 1.807) is 12.1 Å². The van der Waals surface area contributed by atoms with Crippen LogP contribution in [0, 0.1) is 5.82 Å². The van der Waals surface area contributed by atoms with E-state index in [1.807, 2.05) is 18.2 Å². The van der Waals surface area contributed by atoms with Crippen LogP contribution in [0.3, 0.4) is 0 Å². The monoisotopic (exact) mass is 270 g/mol. The highest BCUT2D eigenvalue weighted by molar-refractivity contribution is 6.22. The molecule has 0 N–H and O–H groups in total. The van der Waals surface area contributed by atoms with Crippen LogP contribution in [0.5, 0.6) is 0 Å². The molecule has 2 heteroatoms. The van der Waals surface area contributed by atoms with Gasteiger partial charge < -0.3 is 0 Å². The zero-order valence-corrected chi connectivity index (χ0v) is 10.9. The van der Waals surface area contributed by atoms with Gasteiger partial charge >= 0.3 is 0 Å². The second kappa shape index (κ2) is 5.02. The van der Waals surface area contributed by atoms with E-state index in [4.69, 9.17) is 11.6 Å². The van der Waals surface area contributed by atoms with Crippen molar-refractivity contribution in [2.24, 2.45) is 0 Å². The third-order valence-corrected chi connectivity index (χ3v) is 3.73. The predicted molar refractivity (Wildman–Crippen MR) is 78.0 cm³/mol. The Kier molecular flexibility index (Phi) is 3.22. The van der Waals surface area contributed by atoms with Crippen molar-refractivity contribution in [3.63, 3.8) is 0 Å². The lowest BCUT2D eigenvalue weighted by Crippen LogP contribution is -1.93. The average Bonchev–Trinajstić information content (AvgIpc) is 2.47. The number of halogens is 2. The molecule has 0 aliphatic carbocycles. The largest absolute Gasteiger partial charge is 0.207 e. The molecule has 0 spiro atoms. The molecule has 3 aromatic rings. The van der Waals surface area contributed by atoms with Gasteiger partial charge in [-0.15, -0.1) is 11.6 Å². The molecule has 94 valence electrons. The Bertz CT molecular complexity index is 704. The van der Waals surface area contributed by atoms with Crippen LogP contribution in [0.4, 0.5) is 4.39 Å².